The summed E-state index contributed by atoms with van der Waals surface area (Å²) in [7, 11) is -2.56. The van der Waals surface area contributed by atoms with Crippen molar-refractivity contribution in [2.45, 2.75) is 90.1 Å². The van der Waals surface area contributed by atoms with Crippen LogP contribution in [0.25, 0.3) is 0 Å². The van der Waals surface area contributed by atoms with E-state index in [1.165, 1.54) is 10.4 Å². The van der Waals surface area contributed by atoms with Gasteiger partial charge in [-0.3, -0.25) is 0 Å². The molecule has 176 valence electrons. The number of hydrogen-bond donors (Lipinski definition) is 1. The molecule has 0 spiro atoms. The first-order valence-corrected chi connectivity index (χ1v) is 14.3. The van der Waals surface area contributed by atoms with E-state index < -0.39 is 8.32 Å². The molecule has 1 heterocycles. The van der Waals surface area contributed by atoms with E-state index in [-0.39, 0.29) is 35.9 Å². The molecular formula is C28H42O3Si. The summed E-state index contributed by atoms with van der Waals surface area (Å²) >= 11 is 0. The van der Waals surface area contributed by atoms with Crippen molar-refractivity contribution in [1.82, 2.24) is 0 Å². The Bertz CT molecular complexity index is 763. The number of aliphatic hydroxyl groups is 1. The Morgan fingerprint density at radius 1 is 1.00 bits per heavy atom. The summed E-state index contributed by atoms with van der Waals surface area (Å²) in [5, 5.41) is 12.2. The largest absolute Gasteiger partial charge is 0.404 e. The maximum atomic E-state index is 9.54. The lowest BCUT2D eigenvalue weighted by Gasteiger charge is -2.45. The molecule has 0 amide bonds. The first kappa shape index (κ1) is 25.2. The molecule has 0 aliphatic carbocycles. The molecule has 0 aromatic heterocycles. The highest BCUT2D eigenvalue weighted by Gasteiger charge is 2.51. The van der Waals surface area contributed by atoms with Crippen LogP contribution in [0.2, 0.25) is 5.04 Å². The first-order chi connectivity index (χ1) is 15.3. The van der Waals surface area contributed by atoms with Crippen LogP contribution < -0.4 is 10.4 Å². The lowest BCUT2D eigenvalue weighted by atomic mass is 10.0. The number of ether oxygens (including phenoxy) is 1. The number of aliphatic hydroxyl groups excluding tert-OH is 1. The standard InChI is InChI=1S/C28H42O3Si/c1-6-13-24(20-23-18-19-27(30-23)22(2)21-29)31-32(28(3,4)5,25-14-9-7-10-15-25)26-16-11-8-12-17-26/h7-12,14-17,22-24,27,29H,6,13,18-21H2,1-5H3/t22-,23+,24+,27-/m1/s1. The Hall–Kier alpha value is -1.46. The third-order valence-electron chi connectivity index (χ3n) is 6.96. The second-order valence-electron chi connectivity index (χ2n) is 10.5. The van der Waals surface area contributed by atoms with Crippen LogP contribution in [0.4, 0.5) is 0 Å². The Morgan fingerprint density at radius 3 is 2.03 bits per heavy atom. The fraction of sp³-hybridized carbons (Fsp3) is 0.571. The summed E-state index contributed by atoms with van der Waals surface area (Å²) < 4.78 is 13.8. The first-order valence-electron chi connectivity index (χ1n) is 12.4. The maximum Gasteiger partial charge on any atom is 0.261 e. The van der Waals surface area contributed by atoms with Gasteiger partial charge in [0.05, 0.1) is 12.2 Å². The van der Waals surface area contributed by atoms with Gasteiger partial charge in [-0.2, -0.15) is 0 Å². The smallest absolute Gasteiger partial charge is 0.261 e. The highest BCUT2D eigenvalue weighted by atomic mass is 28.4. The van der Waals surface area contributed by atoms with Gasteiger partial charge >= 0.3 is 0 Å². The predicted octanol–water partition coefficient (Wildman–Crippen LogP) is 5.30. The molecule has 1 N–H and O–H groups in total. The second kappa shape index (κ2) is 11.1. The van der Waals surface area contributed by atoms with Gasteiger partial charge in [-0.1, -0.05) is 102 Å². The molecule has 4 heteroatoms. The Morgan fingerprint density at radius 2 is 1.56 bits per heavy atom. The number of benzene rings is 2. The SMILES string of the molecule is CCC[C@@H](C[C@@H]1CC[C@H]([C@H](C)CO)O1)O[Si](c1ccccc1)(c1ccccc1)C(C)(C)C. The van der Waals surface area contributed by atoms with Crippen LogP contribution in [0.3, 0.4) is 0 Å². The summed E-state index contributed by atoms with van der Waals surface area (Å²) in [4.78, 5) is 0. The van der Waals surface area contributed by atoms with Crippen molar-refractivity contribution < 1.29 is 14.3 Å². The Balaban J connectivity index is 1.95. The van der Waals surface area contributed by atoms with Crippen LogP contribution >= 0.6 is 0 Å². The summed E-state index contributed by atoms with van der Waals surface area (Å²) in [6, 6.07) is 21.8. The van der Waals surface area contributed by atoms with E-state index in [2.05, 4.69) is 95.3 Å². The molecule has 1 aliphatic heterocycles. The highest BCUT2D eigenvalue weighted by Crippen LogP contribution is 2.39. The van der Waals surface area contributed by atoms with Gasteiger partial charge in [-0.25, -0.2) is 0 Å². The van der Waals surface area contributed by atoms with Crippen LogP contribution in [0.15, 0.2) is 60.7 Å². The molecule has 1 saturated heterocycles. The third-order valence-corrected chi connectivity index (χ3v) is 12.1. The molecule has 3 rings (SSSR count). The van der Waals surface area contributed by atoms with E-state index in [1.54, 1.807) is 0 Å². The van der Waals surface area contributed by atoms with E-state index in [1.807, 2.05) is 0 Å². The zero-order valence-electron chi connectivity index (χ0n) is 20.6. The van der Waals surface area contributed by atoms with Crippen LogP contribution in [-0.4, -0.2) is 38.3 Å². The average molecular weight is 455 g/mol. The molecule has 32 heavy (non-hydrogen) atoms. The summed E-state index contributed by atoms with van der Waals surface area (Å²) in [6.07, 6.45) is 5.66. The van der Waals surface area contributed by atoms with Crippen LogP contribution in [0.1, 0.15) is 66.7 Å². The number of hydrogen-bond acceptors (Lipinski definition) is 3. The predicted molar refractivity (Wildman–Crippen MR) is 136 cm³/mol. The lowest BCUT2D eigenvalue weighted by Crippen LogP contribution is -2.67. The van der Waals surface area contributed by atoms with Gasteiger partial charge < -0.3 is 14.3 Å². The zero-order chi connectivity index (χ0) is 23.2. The Labute approximate surface area is 196 Å². The van der Waals surface area contributed by atoms with Gasteiger partial charge in [0.2, 0.25) is 0 Å². The van der Waals surface area contributed by atoms with E-state index in [9.17, 15) is 5.11 Å². The molecule has 0 unspecified atom stereocenters. The van der Waals surface area contributed by atoms with Crippen molar-refractivity contribution in [1.29, 1.82) is 0 Å². The third kappa shape index (κ3) is 5.53. The van der Waals surface area contributed by atoms with Crippen molar-refractivity contribution in [3.05, 3.63) is 60.7 Å². The quantitative estimate of drug-likeness (QED) is 0.495. The molecule has 0 bridgehead atoms. The zero-order valence-corrected chi connectivity index (χ0v) is 21.6. The summed E-state index contributed by atoms with van der Waals surface area (Å²) in [6.45, 7) is 11.5. The second-order valence-corrected chi connectivity index (χ2v) is 14.7. The van der Waals surface area contributed by atoms with Gasteiger partial charge in [0.1, 0.15) is 0 Å². The van der Waals surface area contributed by atoms with Gasteiger partial charge in [0.15, 0.2) is 0 Å². The number of rotatable bonds is 10. The van der Waals surface area contributed by atoms with Crippen molar-refractivity contribution in [2.75, 3.05) is 6.61 Å². The fourth-order valence-electron chi connectivity index (χ4n) is 5.22. The normalized spacial score (nSPS) is 21.4. The maximum absolute atomic E-state index is 9.54. The molecule has 1 aliphatic rings. The Kier molecular flexibility index (Phi) is 8.73. The molecule has 2 aromatic carbocycles. The molecule has 0 radical (unpaired) electrons. The average Bonchev–Trinajstić information content (AvgIpc) is 3.26. The summed E-state index contributed by atoms with van der Waals surface area (Å²) in [5.41, 5.74) is 0. The molecule has 0 saturated carbocycles. The van der Waals surface area contributed by atoms with Crippen molar-refractivity contribution in [2.24, 2.45) is 5.92 Å². The van der Waals surface area contributed by atoms with Gasteiger partial charge in [-0.05, 0) is 41.1 Å². The van der Waals surface area contributed by atoms with E-state index in [4.69, 9.17) is 9.16 Å². The lowest BCUT2D eigenvalue weighted by molar-refractivity contribution is -0.0186. The minimum atomic E-state index is -2.56. The topological polar surface area (TPSA) is 38.7 Å². The van der Waals surface area contributed by atoms with Crippen molar-refractivity contribution >= 4 is 18.7 Å². The molecule has 1 fully saturated rings. The van der Waals surface area contributed by atoms with Crippen LogP contribution in [-0.2, 0) is 9.16 Å². The van der Waals surface area contributed by atoms with Crippen molar-refractivity contribution in [3.8, 4) is 0 Å². The van der Waals surface area contributed by atoms with Gasteiger partial charge in [-0.15, -0.1) is 0 Å². The monoisotopic (exact) mass is 454 g/mol. The van der Waals surface area contributed by atoms with Gasteiger partial charge in [0.25, 0.3) is 8.32 Å². The van der Waals surface area contributed by atoms with Crippen molar-refractivity contribution in [3.63, 3.8) is 0 Å². The van der Waals surface area contributed by atoms with E-state index >= 15 is 0 Å². The van der Waals surface area contributed by atoms with Crippen LogP contribution in [0, 0.1) is 5.92 Å². The molecule has 2 aromatic rings. The van der Waals surface area contributed by atoms with E-state index in [0.717, 1.165) is 32.1 Å². The molecular weight excluding hydrogens is 412 g/mol. The molecule has 3 nitrogen and oxygen atoms in total. The molecule has 4 atom stereocenters. The van der Waals surface area contributed by atoms with E-state index in [0.29, 0.717) is 0 Å². The van der Waals surface area contributed by atoms with Gasteiger partial charge in [0, 0.05) is 18.6 Å². The highest BCUT2D eigenvalue weighted by molar-refractivity contribution is 6.99. The minimum Gasteiger partial charge on any atom is -0.404 e. The summed E-state index contributed by atoms with van der Waals surface area (Å²) in [5.74, 6) is 0.197. The van der Waals surface area contributed by atoms with Crippen LogP contribution in [0.5, 0.6) is 0 Å². The fourth-order valence-corrected chi connectivity index (χ4v) is 9.95. The minimum absolute atomic E-state index is 0.0217.